The summed E-state index contributed by atoms with van der Waals surface area (Å²) in [5.41, 5.74) is 1.55. The molecule has 3 aromatic rings. The van der Waals surface area contributed by atoms with E-state index in [9.17, 15) is 4.79 Å². The van der Waals surface area contributed by atoms with Gasteiger partial charge in [-0.1, -0.05) is 12.1 Å². The molecule has 1 amide bonds. The minimum atomic E-state index is -0.390. The number of fused-ring (bicyclic) bond motifs is 1. The van der Waals surface area contributed by atoms with Gasteiger partial charge in [-0.05, 0) is 38.5 Å². The summed E-state index contributed by atoms with van der Waals surface area (Å²) >= 11 is 0. The van der Waals surface area contributed by atoms with Crippen molar-refractivity contribution in [3.8, 4) is 17.3 Å². The number of methoxy groups -OCH3 is 1. The number of carbonyl (C=O) groups is 1. The van der Waals surface area contributed by atoms with Crippen LogP contribution in [0, 0.1) is 6.92 Å². The number of aryl methyl sites for hydroxylation is 1. The second-order valence-electron chi connectivity index (χ2n) is 5.62. The maximum Gasteiger partial charge on any atom is 0.316 e. The summed E-state index contributed by atoms with van der Waals surface area (Å²) in [6.45, 7) is 5.79. The monoisotopic (exact) mass is 329 g/mol. The van der Waals surface area contributed by atoms with E-state index in [4.69, 9.17) is 13.7 Å². The Morgan fingerprint density at radius 2 is 2.21 bits per heavy atom. The molecular weight excluding hydrogens is 310 g/mol. The van der Waals surface area contributed by atoms with Crippen molar-refractivity contribution in [2.24, 2.45) is 0 Å². The van der Waals surface area contributed by atoms with Gasteiger partial charge in [-0.15, -0.1) is 0 Å². The van der Waals surface area contributed by atoms with Crippen LogP contribution in [0.5, 0.6) is 5.75 Å². The highest BCUT2D eigenvalue weighted by molar-refractivity contribution is 5.91. The normalized spacial score (nSPS) is 12.3. The molecule has 2 heterocycles. The van der Waals surface area contributed by atoms with Crippen LogP contribution in [0.15, 0.2) is 27.1 Å². The van der Waals surface area contributed by atoms with Crippen LogP contribution in [-0.4, -0.2) is 29.2 Å². The zero-order chi connectivity index (χ0) is 17.3. The molecular formula is C17H19N3O4. The maximum absolute atomic E-state index is 12.0. The minimum Gasteiger partial charge on any atom is -0.497 e. The van der Waals surface area contributed by atoms with E-state index >= 15 is 0 Å². The largest absolute Gasteiger partial charge is 0.497 e. The Morgan fingerprint density at radius 1 is 1.42 bits per heavy atom. The van der Waals surface area contributed by atoms with Gasteiger partial charge in [0, 0.05) is 17.0 Å². The number of furan rings is 1. The Morgan fingerprint density at radius 3 is 2.92 bits per heavy atom. The van der Waals surface area contributed by atoms with Crippen LogP contribution >= 0.6 is 0 Å². The molecule has 24 heavy (non-hydrogen) atoms. The summed E-state index contributed by atoms with van der Waals surface area (Å²) in [4.78, 5) is 16.2. The molecule has 7 nitrogen and oxygen atoms in total. The highest BCUT2D eigenvalue weighted by atomic mass is 16.5. The molecule has 126 valence electrons. The smallest absolute Gasteiger partial charge is 0.316 e. The Bertz CT molecular complexity index is 881. The van der Waals surface area contributed by atoms with E-state index in [1.807, 2.05) is 39.0 Å². The van der Waals surface area contributed by atoms with Gasteiger partial charge in [0.1, 0.15) is 11.3 Å². The molecule has 0 aliphatic heterocycles. The summed E-state index contributed by atoms with van der Waals surface area (Å²) in [6, 6.07) is 5.56. The van der Waals surface area contributed by atoms with Gasteiger partial charge in [-0.3, -0.25) is 4.79 Å². The number of hydrogen-bond donors (Lipinski definition) is 1. The molecule has 0 spiro atoms. The molecule has 0 bridgehead atoms. The molecule has 3 rings (SSSR count). The maximum atomic E-state index is 12.0. The Kier molecular flexibility index (Phi) is 4.24. The second kappa shape index (κ2) is 6.35. The third-order valence-electron chi connectivity index (χ3n) is 3.96. The number of ether oxygens (including phenoxy) is 1. The number of rotatable bonds is 5. The highest BCUT2D eigenvalue weighted by Crippen LogP contribution is 2.33. The van der Waals surface area contributed by atoms with Gasteiger partial charge >= 0.3 is 11.8 Å². The van der Waals surface area contributed by atoms with Crippen molar-refractivity contribution in [3.05, 3.63) is 29.7 Å². The fourth-order valence-electron chi connectivity index (χ4n) is 2.34. The minimum absolute atomic E-state index is 0.0354. The third kappa shape index (κ3) is 2.84. The number of hydrogen-bond acceptors (Lipinski definition) is 6. The number of benzene rings is 1. The first-order valence-electron chi connectivity index (χ1n) is 7.75. The van der Waals surface area contributed by atoms with Crippen LogP contribution in [0.3, 0.4) is 0 Å². The van der Waals surface area contributed by atoms with Crippen molar-refractivity contribution in [1.29, 1.82) is 0 Å². The van der Waals surface area contributed by atoms with E-state index in [-0.39, 0.29) is 17.8 Å². The topological polar surface area (TPSA) is 90.4 Å². The molecule has 0 radical (unpaired) electrons. The van der Waals surface area contributed by atoms with Crippen LogP contribution in [-0.2, 0) is 0 Å². The summed E-state index contributed by atoms with van der Waals surface area (Å²) in [6.07, 6.45) is 0.817. The molecule has 1 N–H and O–H groups in total. The van der Waals surface area contributed by atoms with E-state index in [0.717, 1.165) is 23.1 Å². The SMILES string of the molecule is CC[C@@H](C)NC(=O)c1nc(-c2oc3ccc(OC)cc3c2C)no1. The molecule has 7 heteroatoms. The number of amides is 1. The molecule has 0 fully saturated rings. The molecule has 0 saturated heterocycles. The van der Waals surface area contributed by atoms with Crippen LogP contribution < -0.4 is 10.1 Å². The number of carbonyl (C=O) groups excluding carboxylic acids is 1. The summed E-state index contributed by atoms with van der Waals surface area (Å²) in [5, 5.41) is 7.55. The first kappa shape index (κ1) is 16.0. The van der Waals surface area contributed by atoms with Crippen LogP contribution in [0.25, 0.3) is 22.6 Å². The van der Waals surface area contributed by atoms with E-state index in [1.165, 1.54) is 0 Å². The number of nitrogens with zero attached hydrogens (tertiary/aromatic N) is 2. The molecule has 0 saturated carbocycles. The van der Waals surface area contributed by atoms with Gasteiger partial charge in [-0.25, -0.2) is 0 Å². The number of aromatic nitrogens is 2. The Balaban J connectivity index is 1.94. The molecule has 0 unspecified atom stereocenters. The zero-order valence-electron chi connectivity index (χ0n) is 14.0. The lowest BCUT2D eigenvalue weighted by Gasteiger charge is -2.07. The van der Waals surface area contributed by atoms with Crippen molar-refractivity contribution in [3.63, 3.8) is 0 Å². The van der Waals surface area contributed by atoms with Crippen molar-refractivity contribution >= 4 is 16.9 Å². The second-order valence-corrected chi connectivity index (χ2v) is 5.62. The molecule has 0 aliphatic carbocycles. The van der Waals surface area contributed by atoms with Crippen molar-refractivity contribution in [1.82, 2.24) is 15.5 Å². The quantitative estimate of drug-likeness (QED) is 0.772. The summed E-state index contributed by atoms with van der Waals surface area (Å²) in [7, 11) is 1.61. The van der Waals surface area contributed by atoms with Crippen molar-refractivity contribution < 1.29 is 18.5 Å². The number of nitrogens with one attached hydrogen (secondary N) is 1. The van der Waals surface area contributed by atoms with Crippen LogP contribution in [0.4, 0.5) is 0 Å². The lowest BCUT2D eigenvalue weighted by molar-refractivity contribution is 0.0895. The molecule has 2 aromatic heterocycles. The molecule has 1 atom stereocenters. The first-order chi connectivity index (χ1) is 11.5. The van der Waals surface area contributed by atoms with Crippen LogP contribution in [0.2, 0.25) is 0 Å². The third-order valence-corrected chi connectivity index (χ3v) is 3.96. The lowest BCUT2D eigenvalue weighted by Crippen LogP contribution is -2.32. The molecule has 0 aliphatic rings. The van der Waals surface area contributed by atoms with Gasteiger partial charge in [0.15, 0.2) is 5.76 Å². The predicted molar refractivity (Wildman–Crippen MR) is 88.0 cm³/mol. The van der Waals surface area contributed by atoms with Gasteiger partial charge in [0.05, 0.1) is 7.11 Å². The average Bonchev–Trinajstić information content (AvgIpc) is 3.19. The highest BCUT2D eigenvalue weighted by Gasteiger charge is 2.22. The van der Waals surface area contributed by atoms with E-state index in [2.05, 4.69) is 15.5 Å². The van der Waals surface area contributed by atoms with Gasteiger partial charge in [0.2, 0.25) is 5.82 Å². The van der Waals surface area contributed by atoms with Crippen LogP contribution in [0.1, 0.15) is 36.5 Å². The van der Waals surface area contributed by atoms with E-state index in [0.29, 0.717) is 11.3 Å². The summed E-state index contributed by atoms with van der Waals surface area (Å²) in [5.74, 6) is 0.988. The Labute approximate surface area is 139 Å². The average molecular weight is 329 g/mol. The van der Waals surface area contributed by atoms with Gasteiger partial charge in [0.25, 0.3) is 0 Å². The lowest BCUT2D eigenvalue weighted by atomic mass is 10.1. The predicted octanol–water partition coefficient (Wildman–Crippen LogP) is 3.33. The van der Waals surface area contributed by atoms with E-state index < -0.39 is 5.91 Å². The molecule has 1 aromatic carbocycles. The first-order valence-corrected chi connectivity index (χ1v) is 7.75. The Hall–Kier alpha value is -2.83. The summed E-state index contributed by atoms with van der Waals surface area (Å²) < 4.78 is 16.1. The van der Waals surface area contributed by atoms with Gasteiger partial charge in [-0.2, -0.15) is 4.98 Å². The standard InChI is InChI=1S/C17H19N3O4/c1-5-9(2)18-16(21)17-19-15(20-24-17)14-10(3)12-8-11(22-4)6-7-13(12)23-14/h6-9H,5H2,1-4H3,(H,18,21)/t9-/m1/s1. The fourth-order valence-corrected chi connectivity index (χ4v) is 2.34. The fraction of sp³-hybridized carbons (Fsp3) is 0.353. The van der Waals surface area contributed by atoms with Crippen molar-refractivity contribution in [2.75, 3.05) is 7.11 Å². The van der Waals surface area contributed by atoms with Gasteiger partial charge < -0.3 is 19.0 Å². The van der Waals surface area contributed by atoms with Crippen molar-refractivity contribution in [2.45, 2.75) is 33.2 Å². The van der Waals surface area contributed by atoms with E-state index in [1.54, 1.807) is 7.11 Å². The zero-order valence-corrected chi connectivity index (χ0v) is 14.0.